The number of hydrogen-bond donors (Lipinski definition) is 1. The molecule has 0 saturated heterocycles. The molecule has 1 atom stereocenters. The van der Waals surface area contributed by atoms with Crippen molar-refractivity contribution in [2.45, 2.75) is 39.7 Å². The third kappa shape index (κ3) is 4.75. The van der Waals surface area contributed by atoms with Gasteiger partial charge in [-0.1, -0.05) is 0 Å². The lowest BCUT2D eigenvalue weighted by Crippen LogP contribution is -2.10. The number of nitrogens with zero attached hydrogens (tertiary/aromatic N) is 1. The highest BCUT2D eigenvalue weighted by Gasteiger charge is 2.16. The van der Waals surface area contributed by atoms with E-state index in [1.54, 1.807) is 32.2 Å². The standard InChI is InChI=1S/C16H23NO3/c1-12(18)14-7-6-13(19-4)10-15(14)20-9-5-8-16(2,3)11-17/h6-7,10,12,18H,5,8-9H2,1-4H3. The minimum absolute atomic E-state index is 0.329. The fraction of sp³-hybridized carbons (Fsp3) is 0.562. The highest BCUT2D eigenvalue weighted by atomic mass is 16.5. The van der Waals surface area contributed by atoms with Gasteiger partial charge in [0.15, 0.2) is 0 Å². The highest BCUT2D eigenvalue weighted by Crippen LogP contribution is 2.30. The molecule has 4 nitrogen and oxygen atoms in total. The fourth-order valence-electron chi connectivity index (χ4n) is 1.86. The van der Waals surface area contributed by atoms with Crippen molar-refractivity contribution >= 4 is 0 Å². The molecule has 0 saturated carbocycles. The molecule has 0 fully saturated rings. The zero-order valence-electron chi connectivity index (χ0n) is 12.6. The van der Waals surface area contributed by atoms with E-state index >= 15 is 0 Å². The van der Waals surface area contributed by atoms with Crippen LogP contribution < -0.4 is 9.47 Å². The summed E-state index contributed by atoms with van der Waals surface area (Å²) in [6.45, 7) is 6.05. The first-order valence-electron chi connectivity index (χ1n) is 6.79. The number of aliphatic hydroxyl groups excluding tert-OH is 1. The Morgan fingerprint density at radius 2 is 2.10 bits per heavy atom. The number of methoxy groups -OCH3 is 1. The molecule has 20 heavy (non-hydrogen) atoms. The van der Waals surface area contributed by atoms with Crippen LogP contribution in [0.2, 0.25) is 0 Å². The van der Waals surface area contributed by atoms with E-state index in [-0.39, 0.29) is 5.41 Å². The van der Waals surface area contributed by atoms with Crippen LogP contribution in [0.25, 0.3) is 0 Å². The lowest BCUT2D eigenvalue weighted by Gasteiger charge is -2.17. The molecule has 0 aromatic heterocycles. The van der Waals surface area contributed by atoms with Gasteiger partial charge in [-0.05, 0) is 45.7 Å². The zero-order valence-corrected chi connectivity index (χ0v) is 12.6. The van der Waals surface area contributed by atoms with Gasteiger partial charge in [0.25, 0.3) is 0 Å². The molecule has 1 aromatic rings. The van der Waals surface area contributed by atoms with Gasteiger partial charge in [0.05, 0.1) is 31.3 Å². The lowest BCUT2D eigenvalue weighted by atomic mass is 9.90. The van der Waals surface area contributed by atoms with E-state index < -0.39 is 6.10 Å². The summed E-state index contributed by atoms with van der Waals surface area (Å²) in [5, 5.41) is 18.7. The second-order valence-electron chi connectivity index (χ2n) is 5.53. The monoisotopic (exact) mass is 277 g/mol. The van der Waals surface area contributed by atoms with Gasteiger partial charge in [-0.2, -0.15) is 5.26 Å². The van der Waals surface area contributed by atoms with E-state index in [4.69, 9.17) is 14.7 Å². The van der Waals surface area contributed by atoms with Crippen molar-refractivity contribution in [3.8, 4) is 17.6 Å². The second-order valence-corrected chi connectivity index (χ2v) is 5.53. The van der Waals surface area contributed by atoms with Gasteiger partial charge in [-0.3, -0.25) is 0 Å². The predicted octanol–water partition coefficient (Wildman–Crippen LogP) is 3.46. The molecule has 1 unspecified atom stereocenters. The molecule has 1 rings (SSSR count). The summed E-state index contributed by atoms with van der Waals surface area (Å²) < 4.78 is 10.9. The minimum atomic E-state index is -0.591. The van der Waals surface area contributed by atoms with Crippen LogP contribution in [0.15, 0.2) is 18.2 Å². The molecule has 0 amide bonds. The van der Waals surface area contributed by atoms with E-state index in [0.29, 0.717) is 18.1 Å². The largest absolute Gasteiger partial charge is 0.497 e. The van der Waals surface area contributed by atoms with Gasteiger partial charge in [0, 0.05) is 11.6 Å². The zero-order chi connectivity index (χ0) is 15.2. The minimum Gasteiger partial charge on any atom is -0.497 e. The maximum atomic E-state index is 9.73. The summed E-state index contributed by atoms with van der Waals surface area (Å²) in [6, 6.07) is 7.65. The molecular formula is C16H23NO3. The van der Waals surface area contributed by atoms with Crippen molar-refractivity contribution in [3.05, 3.63) is 23.8 Å². The molecule has 0 aliphatic rings. The smallest absolute Gasteiger partial charge is 0.128 e. The van der Waals surface area contributed by atoms with Crippen molar-refractivity contribution in [2.75, 3.05) is 13.7 Å². The Balaban J connectivity index is 2.65. The molecule has 1 N–H and O–H groups in total. The quantitative estimate of drug-likeness (QED) is 0.775. The summed E-state index contributed by atoms with van der Waals surface area (Å²) in [5.41, 5.74) is 0.413. The van der Waals surface area contributed by atoms with Crippen LogP contribution >= 0.6 is 0 Å². The van der Waals surface area contributed by atoms with Gasteiger partial charge in [0.1, 0.15) is 11.5 Å². The summed E-state index contributed by atoms with van der Waals surface area (Å²) in [5.74, 6) is 1.33. The van der Waals surface area contributed by atoms with E-state index in [1.807, 2.05) is 13.8 Å². The number of ether oxygens (including phenoxy) is 2. The predicted molar refractivity (Wildman–Crippen MR) is 77.8 cm³/mol. The highest BCUT2D eigenvalue weighted by molar-refractivity contribution is 5.41. The van der Waals surface area contributed by atoms with Crippen LogP contribution in [0.1, 0.15) is 45.3 Å². The number of hydrogen-bond acceptors (Lipinski definition) is 4. The molecule has 0 heterocycles. The van der Waals surface area contributed by atoms with Gasteiger partial charge in [-0.25, -0.2) is 0 Å². The van der Waals surface area contributed by atoms with Crippen LogP contribution in [0.4, 0.5) is 0 Å². The number of aliphatic hydroxyl groups is 1. The van der Waals surface area contributed by atoms with Crippen LogP contribution in [0.3, 0.4) is 0 Å². The van der Waals surface area contributed by atoms with Crippen LogP contribution in [-0.2, 0) is 0 Å². The van der Waals surface area contributed by atoms with Gasteiger partial charge >= 0.3 is 0 Å². The molecule has 0 aliphatic heterocycles. The third-order valence-electron chi connectivity index (χ3n) is 3.18. The number of nitriles is 1. The van der Waals surface area contributed by atoms with Crippen molar-refractivity contribution in [2.24, 2.45) is 5.41 Å². The number of rotatable bonds is 7. The molecule has 0 aliphatic carbocycles. The fourth-order valence-corrected chi connectivity index (χ4v) is 1.86. The maximum Gasteiger partial charge on any atom is 0.128 e. The van der Waals surface area contributed by atoms with Gasteiger partial charge < -0.3 is 14.6 Å². The Kier molecular flexibility index (Phi) is 5.84. The Morgan fingerprint density at radius 1 is 1.40 bits per heavy atom. The van der Waals surface area contributed by atoms with Crippen LogP contribution in [0, 0.1) is 16.7 Å². The molecule has 0 spiro atoms. The van der Waals surface area contributed by atoms with Gasteiger partial charge in [-0.15, -0.1) is 0 Å². The molecule has 0 bridgehead atoms. The van der Waals surface area contributed by atoms with Crippen molar-refractivity contribution < 1.29 is 14.6 Å². The molecular weight excluding hydrogens is 254 g/mol. The van der Waals surface area contributed by atoms with E-state index in [1.165, 1.54) is 0 Å². The average molecular weight is 277 g/mol. The van der Waals surface area contributed by atoms with E-state index in [9.17, 15) is 5.11 Å². The van der Waals surface area contributed by atoms with Crippen molar-refractivity contribution in [3.63, 3.8) is 0 Å². The lowest BCUT2D eigenvalue weighted by molar-refractivity contribution is 0.189. The second kappa shape index (κ2) is 7.16. The van der Waals surface area contributed by atoms with Crippen molar-refractivity contribution in [1.82, 2.24) is 0 Å². The van der Waals surface area contributed by atoms with Crippen LogP contribution in [-0.4, -0.2) is 18.8 Å². The Morgan fingerprint density at radius 3 is 2.65 bits per heavy atom. The topological polar surface area (TPSA) is 62.5 Å². The Bertz CT molecular complexity index is 475. The SMILES string of the molecule is COc1ccc(C(C)O)c(OCCCC(C)(C)C#N)c1. The maximum absolute atomic E-state index is 9.73. The first-order chi connectivity index (χ1) is 9.39. The third-order valence-corrected chi connectivity index (χ3v) is 3.18. The van der Waals surface area contributed by atoms with E-state index in [0.717, 1.165) is 18.4 Å². The van der Waals surface area contributed by atoms with Crippen molar-refractivity contribution in [1.29, 1.82) is 5.26 Å². The summed E-state index contributed by atoms with van der Waals surface area (Å²) in [7, 11) is 1.59. The molecule has 0 radical (unpaired) electrons. The first kappa shape index (κ1) is 16.3. The molecule has 1 aromatic carbocycles. The summed E-state index contributed by atoms with van der Waals surface area (Å²) >= 11 is 0. The molecule has 110 valence electrons. The number of benzene rings is 1. The Labute approximate surface area is 120 Å². The first-order valence-corrected chi connectivity index (χ1v) is 6.79. The average Bonchev–Trinajstić information content (AvgIpc) is 2.43. The Hall–Kier alpha value is -1.73. The van der Waals surface area contributed by atoms with Gasteiger partial charge in [0.2, 0.25) is 0 Å². The van der Waals surface area contributed by atoms with E-state index in [2.05, 4.69) is 6.07 Å². The summed E-state index contributed by atoms with van der Waals surface area (Å²) in [6.07, 6.45) is 0.973. The normalized spacial score (nSPS) is 12.6. The van der Waals surface area contributed by atoms with Crippen LogP contribution in [0.5, 0.6) is 11.5 Å². The summed E-state index contributed by atoms with van der Waals surface area (Å²) in [4.78, 5) is 0. The molecule has 4 heteroatoms.